The maximum absolute atomic E-state index is 13.1. The van der Waals surface area contributed by atoms with Crippen molar-refractivity contribution in [2.75, 3.05) is 26.4 Å². The van der Waals surface area contributed by atoms with Crippen molar-refractivity contribution < 1.29 is 27.2 Å². The van der Waals surface area contributed by atoms with Crippen LogP contribution < -0.4 is 0 Å². The second-order valence-electron chi connectivity index (χ2n) is 7.39. The molecule has 0 unspecified atom stereocenters. The Morgan fingerprint density at radius 3 is 1.71 bits per heavy atom. The molecule has 6 nitrogen and oxygen atoms in total. The van der Waals surface area contributed by atoms with Crippen LogP contribution >= 0.6 is 26.5 Å². The van der Waals surface area contributed by atoms with Gasteiger partial charge in [-0.2, -0.15) is 0 Å². The van der Waals surface area contributed by atoms with Crippen LogP contribution in [0.1, 0.15) is 88.5 Å². The van der Waals surface area contributed by atoms with Gasteiger partial charge in [0.2, 0.25) is 0 Å². The predicted octanol–water partition coefficient (Wildman–Crippen LogP) is 8.18. The summed E-state index contributed by atoms with van der Waals surface area (Å²) in [5.74, 6) is 0. The third-order valence-electron chi connectivity index (χ3n) is 4.74. The van der Waals surface area contributed by atoms with Crippen LogP contribution in [0.2, 0.25) is 0 Å². The largest absolute Gasteiger partial charge is 0.335 e. The fourth-order valence-corrected chi connectivity index (χ4v) is 8.85. The molecule has 0 aromatic carbocycles. The molecule has 0 saturated carbocycles. The van der Waals surface area contributed by atoms with Crippen molar-refractivity contribution in [3.63, 3.8) is 0 Å². The van der Waals surface area contributed by atoms with E-state index in [-0.39, 0.29) is 12.3 Å². The van der Waals surface area contributed by atoms with E-state index in [9.17, 15) is 9.13 Å². The summed E-state index contributed by atoms with van der Waals surface area (Å²) in [7, 11) is -6.40. The Morgan fingerprint density at radius 2 is 1.19 bits per heavy atom. The zero-order chi connectivity index (χ0) is 23.2. The highest BCUT2D eigenvalue weighted by Gasteiger charge is 2.29. The van der Waals surface area contributed by atoms with Crippen molar-refractivity contribution in [3.8, 4) is 0 Å². The summed E-state index contributed by atoms with van der Waals surface area (Å²) in [6.07, 6.45) is 8.67. The van der Waals surface area contributed by atoms with E-state index >= 15 is 0 Å². The van der Waals surface area contributed by atoms with Gasteiger partial charge >= 0.3 is 15.2 Å². The third-order valence-corrected chi connectivity index (χ3v) is 10.4. The lowest BCUT2D eigenvalue weighted by atomic mass is 10.1. The first-order chi connectivity index (χ1) is 14.8. The Balaban J connectivity index is 3.02. The van der Waals surface area contributed by atoms with E-state index in [0.29, 0.717) is 26.4 Å². The van der Waals surface area contributed by atoms with Gasteiger partial charge in [0.05, 0.1) is 38.8 Å². The Kier molecular flexibility index (Phi) is 14.8. The summed E-state index contributed by atoms with van der Waals surface area (Å²) < 4.78 is 48.1. The molecule has 0 fully saturated rings. The molecule has 31 heavy (non-hydrogen) atoms. The lowest BCUT2D eigenvalue weighted by molar-refractivity contribution is 0.218. The highest BCUT2D eigenvalue weighted by Crippen LogP contribution is 2.55. The zero-order valence-corrected chi connectivity index (χ0v) is 22.6. The molecule has 0 atom stereocenters. The molecule has 0 aliphatic heterocycles. The molecule has 1 aromatic rings. The Morgan fingerprint density at radius 1 is 0.710 bits per heavy atom. The van der Waals surface area contributed by atoms with Crippen molar-refractivity contribution in [3.05, 3.63) is 21.4 Å². The van der Waals surface area contributed by atoms with Crippen LogP contribution in [0.3, 0.4) is 0 Å². The molecule has 0 radical (unpaired) electrons. The summed E-state index contributed by atoms with van der Waals surface area (Å²) in [6.45, 7) is 10.8. The average Bonchev–Trinajstić information content (AvgIpc) is 3.05. The molecule has 182 valence electrons. The van der Waals surface area contributed by atoms with E-state index in [1.54, 1.807) is 0 Å². The van der Waals surface area contributed by atoms with Crippen LogP contribution in [-0.4, -0.2) is 26.4 Å². The van der Waals surface area contributed by atoms with Gasteiger partial charge in [-0.15, -0.1) is 11.3 Å². The van der Waals surface area contributed by atoms with E-state index in [1.807, 2.05) is 27.7 Å². The van der Waals surface area contributed by atoms with Gasteiger partial charge in [0.1, 0.15) is 0 Å². The lowest BCUT2D eigenvalue weighted by Gasteiger charge is -2.17. The minimum atomic E-state index is -3.21. The second-order valence-corrected chi connectivity index (χ2v) is 12.7. The SMILES string of the molecule is CCCCCCCCc1cc(CP(=O)(OCC)OCC)sc1CP(=O)(OCC)OCC. The van der Waals surface area contributed by atoms with Crippen LogP contribution in [-0.2, 0) is 46.0 Å². The van der Waals surface area contributed by atoms with Crippen LogP contribution in [0.25, 0.3) is 0 Å². The number of thiophene rings is 1. The molecule has 9 heteroatoms. The Bertz CT molecular complexity index is 686. The first kappa shape index (κ1) is 29.0. The molecule has 0 bridgehead atoms. The number of hydrogen-bond donors (Lipinski definition) is 0. The molecular formula is C22H42O6P2S. The van der Waals surface area contributed by atoms with Gasteiger partial charge in [-0.05, 0) is 52.2 Å². The molecule has 0 N–H and O–H groups in total. The predicted molar refractivity (Wildman–Crippen MR) is 131 cm³/mol. The van der Waals surface area contributed by atoms with Gasteiger partial charge in [-0.25, -0.2) is 0 Å². The standard InChI is InChI=1S/C22H42O6P2S/c1-6-11-12-13-14-15-16-20-17-21(18-29(23,25-7-2)26-8-3)31-22(20)19-30(24,27-9-4)28-10-5/h17H,6-16,18-19H2,1-5H3. The van der Waals surface area contributed by atoms with E-state index in [2.05, 4.69) is 13.0 Å². The smallest absolute Gasteiger partial charge is 0.309 e. The first-order valence-corrected chi connectivity index (χ1v) is 16.0. The molecule has 0 saturated heterocycles. The second kappa shape index (κ2) is 15.8. The minimum absolute atomic E-state index is 0.233. The molecule has 1 rings (SSSR count). The van der Waals surface area contributed by atoms with Crippen LogP contribution in [0.15, 0.2) is 6.07 Å². The van der Waals surface area contributed by atoms with E-state index < -0.39 is 15.2 Å². The highest BCUT2D eigenvalue weighted by molar-refractivity contribution is 7.54. The van der Waals surface area contributed by atoms with E-state index in [1.165, 1.54) is 43.4 Å². The molecule has 0 aliphatic rings. The summed E-state index contributed by atoms with van der Waals surface area (Å²) in [6, 6.07) is 2.08. The normalized spacial score (nSPS) is 12.5. The molecule has 0 spiro atoms. The maximum Gasteiger partial charge on any atom is 0.335 e. The number of aryl methyl sites for hydroxylation is 1. The van der Waals surface area contributed by atoms with Crippen molar-refractivity contribution in [1.29, 1.82) is 0 Å². The highest BCUT2D eigenvalue weighted by atomic mass is 32.1. The number of hydrogen-bond acceptors (Lipinski definition) is 7. The maximum atomic E-state index is 13.1. The Labute approximate surface area is 193 Å². The summed E-state index contributed by atoms with van der Waals surface area (Å²) >= 11 is 1.52. The number of rotatable bonds is 19. The van der Waals surface area contributed by atoms with Crippen LogP contribution in [0.5, 0.6) is 0 Å². The molecular weight excluding hydrogens is 454 g/mol. The molecule has 0 aliphatic carbocycles. The molecule has 1 aromatic heterocycles. The van der Waals surface area contributed by atoms with Crippen molar-refractivity contribution in [1.82, 2.24) is 0 Å². The molecule has 1 heterocycles. The topological polar surface area (TPSA) is 71.1 Å². The fourth-order valence-electron chi connectivity index (χ4n) is 3.46. The van der Waals surface area contributed by atoms with Gasteiger partial charge in [-0.1, -0.05) is 39.0 Å². The molecule has 0 amide bonds. The van der Waals surface area contributed by atoms with Gasteiger partial charge in [0.15, 0.2) is 0 Å². The summed E-state index contributed by atoms with van der Waals surface area (Å²) in [4.78, 5) is 1.93. The third kappa shape index (κ3) is 11.1. The lowest BCUT2D eigenvalue weighted by Crippen LogP contribution is -1.99. The zero-order valence-electron chi connectivity index (χ0n) is 20.0. The monoisotopic (exact) mass is 496 g/mol. The van der Waals surface area contributed by atoms with Crippen LogP contribution in [0.4, 0.5) is 0 Å². The van der Waals surface area contributed by atoms with Gasteiger partial charge in [0, 0.05) is 9.75 Å². The first-order valence-electron chi connectivity index (χ1n) is 11.7. The Hall–Kier alpha value is -0.0000000000000000971. The van der Waals surface area contributed by atoms with E-state index in [0.717, 1.165) is 28.2 Å². The average molecular weight is 497 g/mol. The van der Waals surface area contributed by atoms with Gasteiger partial charge < -0.3 is 18.1 Å². The van der Waals surface area contributed by atoms with E-state index in [4.69, 9.17) is 18.1 Å². The van der Waals surface area contributed by atoms with Crippen molar-refractivity contribution in [2.24, 2.45) is 0 Å². The minimum Gasteiger partial charge on any atom is -0.309 e. The summed E-state index contributed by atoms with van der Waals surface area (Å²) in [5.41, 5.74) is 1.15. The van der Waals surface area contributed by atoms with Gasteiger partial charge in [0.25, 0.3) is 0 Å². The van der Waals surface area contributed by atoms with Crippen LogP contribution in [0, 0.1) is 0 Å². The van der Waals surface area contributed by atoms with Gasteiger partial charge in [-0.3, -0.25) is 9.13 Å². The number of unbranched alkanes of at least 4 members (excludes halogenated alkanes) is 5. The quantitative estimate of drug-likeness (QED) is 0.142. The fraction of sp³-hybridized carbons (Fsp3) is 0.818. The summed E-state index contributed by atoms with van der Waals surface area (Å²) in [5, 5.41) is 0. The van der Waals surface area contributed by atoms with Crippen molar-refractivity contribution in [2.45, 2.75) is 91.9 Å². The van der Waals surface area contributed by atoms with Crippen molar-refractivity contribution >= 4 is 26.5 Å².